The first kappa shape index (κ1) is 24.6. The molecule has 3 rings (SSSR count). The first-order valence-electron chi connectivity index (χ1n) is 11.0. The van der Waals surface area contributed by atoms with Gasteiger partial charge in [-0.2, -0.15) is 9.97 Å². The van der Waals surface area contributed by atoms with Gasteiger partial charge in [0.05, 0.1) is 31.5 Å². The lowest BCUT2D eigenvalue weighted by atomic mass is 10.2. The maximum atomic E-state index is 7.87. The van der Waals surface area contributed by atoms with E-state index in [1.807, 2.05) is 13.8 Å². The van der Waals surface area contributed by atoms with Gasteiger partial charge in [-0.15, -0.1) is 0 Å². The van der Waals surface area contributed by atoms with Crippen molar-refractivity contribution in [3.05, 3.63) is 10.8 Å². The summed E-state index contributed by atoms with van der Waals surface area (Å²) in [5.74, 6) is 1.11. The Balaban J connectivity index is 1.53. The highest BCUT2D eigenvalue weighted by molar-refractivity contribution is 7.47. The summed E-state index contributed by atoms with van der Waals surface area (Å²) < 4.78 is 23.0. The van der Waals surface area contributed by atoms with Crippen LogP contribution in [-0.4, -0.2) is 60.7 Å². The van der Waals surface area contributed by atoms with Crippen molar-refractivity contribution >= 4 is 37.8 Å². The zero-order valence-corrected chi connectivity index (χ0v) is 19.9. The van der Waals surface area contributed by atoms with Crippen molar-refractivity contribution < 1.29 is 18.5 Å². The average Bonchev–Trinajstić information content (AvgIpc) is 3.40. The van der Waals surface area contributed by atoms with Crippen LogP contribution in [-0.2, 0) is 18.5 Å². The Labute approximate surface area is 190 Å². The summed E-state index contributed by atoms with van der Waals surface area (Å²) in [7, 11) is -1.01. The van der Waals surface area contributed by atoms with Crippen molar-refractivity contribution in [2.75, 3.05) is 36.8 Å². The van der Waals surface area contributed by atoms with E-state index in [0.29, 0.717) is 49.4 Å². The Morgan fingerprint density at radius 3 is 2.42 bits per heavy atom. The fraction of sp³-hybridized carbons (Fsp3) is 0.750. The molecule has 2 atom stereocenters. The molecule has 0 aromatic carbocycles. The van der Waals surface area contributed by atoms with Gasteiger partial charge in [0.2, 0.25) is 5.28 Å². The molecule has 2 heterocycles. The van der Waals surface area contributed by atoms with Crippen LogP contribution in [0.1, 0.15) is 57.9 Å². The van der Waals surface area contributed by atoms with Crippen LogP contribution in [0.25, 0.3) is 0 Å². The molecular weight excluding hydrogens is 441 g/mol. The number of halogens is 1. The topological polar surface area (TPSA) is 111 Å². The Bertz CT molecular complexity index is 704. The molecule has 2 unspecified atom stereocenters. The zero-order valence-electron chi connectivity index (χ0n) is 18.2. The average molecular weight is 474 g/mol. The van der Waals surface area contributed by atoms with Gasteiger partial charge < -0.3 is 34.6 Å². The smallest absolute Gasteiger partial charge is 0.226 e. The second kappa shape index (κ2) is 12.8. The summed E-state index contributed by atoms with van der Waals surface area (Å²) in [5, 5.41) is 14.7. The van der Waals surface area contributed by atoms with Crippen LogP contribution in [0.2, 0.25) is 5.28 Å². The molecule has 3 N–H and O–H groups in total. The summed E-state index contributed by atoms with van der Waals surface area (Å²) >= 11 is 6.17. The quantitative estimate of drug-likeness (QED) is 0.214. The van der Waals surface area contributed by atoms with Crippen molar-refractivity contribution in [2.45, 2.75) is 70.7 Å². The summed E-state index contributed by atoms with van der Waals surface area (Å²) in [6.45, 7) is 5.58. The lowest BCUT2D eigenvalue weighted by molar-refractivity contribution is 0.00167. The van der Waals surface area contributed by atoms with Crippen molar-refractivity contribution in [3.63, 3.8) is 0 Å². The van der Waals surface area contributed by atoms with E-state index in [1.165, 1.54) is 19.1 Å². The molecule has 31 heavy (non-hydrogen) atoms. The van der Waals surface area contributed by atoms with Crippen LogP contribution >= 0.6 is 20.0 Å². The molecule has 11 heteroatoms. The number of rotatable bonds is 13. The van der Waals surface area contributed by atoms with Gasteiger partial charge in [0, 0.05) is 12.3 Å². The molecule has 1 aliphatic carbocycles. The molecule has 1 aromatic rings. The molecule has 1 aliphatic heterocycles. The van der Waals surface area contributed by atoms with Crippen molar-refractivity contribution in [3.8, 4) is 0 Å². The van der Waals surface area contributed by atoms with E-state index in [2.05, 4.69) is 20.6 Å². The highest BCUT2D eigenvalue weighted by Crippen LogP contribution is 2.38. The predicted octanol–water partition coefficient (Wildman–Crippen LogP) is 4.76. The van der Waals surface area contributed by atoms with Crippen LogP contribution in [0.3, 0.4) is 0 Å². The second-order valence-electron chi connectivity index (χ2n) is 7.51. The Hall–Kier alpha value is -1.09. The SMILES string of the molecule is CCOP(COCC1CCC(Nc2nc(Cl)nc(NC3CCCC3)c2C=N)O1)OCC. The predicted molar refractivity (Wildman–Crippen MR) is 123 cm³/mol. The minimum Gasteiger partial charge on any atom is -0.369 e. The minimum atomic E-state index is -1.01. The van der Waals surface area contributed by atoms with E-state index in [1.54, 1.807) is 0 Å². The molecule has 174 valence electrons. The molecule has 1 saturated carbocycles. The van der Waals surface area contributed by atoms with Crippen molar-refractivity contribution in [2.24, 2.45) is 0 Å². The highest BCUT2D eigenvalue weighted by Gasteiger charge is 2.28. The Morgan fingerprint density at radius 2 is 1.77 bits per heavy atom. The summed E-state index contributed by atoms with van der Waals surface area (Å²) in [6, 6.07) is 0.362. The highest BCUT2D eigenvalue weighted by atomic mass is 35.5. The summed E-state index contributed by atoms with van der Waals surface area (Å²) in [5.41, 5.74) is 0.596. The second-order valence-corrected chi connectivity index (χ2v) is 9.29. The van der Waals surface area contributed by atoms with E-state index in [4.69, 9.17) is 35.5 Å². The third-order valence-electron chi connectivity index (χ3n) is 5.21. The lowest BCUT2D eigenvalue weighted by Gasteiger charge is -2.20. The minimum absolute atomic E-state index is 0.0190. The van der Waals surface area contributed by atoms with Crippen molar-refractivity contribution in [1.82, 2.24) is 9.97 Å². The Morgan fingerprint density at radius 1 is 1.10 bits per heavy atom. The van der Waals surface area contributed by atoms with Crippen LogP contribution in [0, 0.1) is 5.41 Å². The number of hydrogen-bond acceptors (Lipinski definition) is 9. The summed E-state index contributed by atoms with van der Waals surface area (Å²) in [4.78, 5) is 8.62. The molecule has 2 fully saturated rings. The number of aromatic nitrogens is 2. The van der Waals surface area contributed by atoms with Crippen LogP contribution in [0.15, 0.2) is 0 Å². The third kappa shape index (κ3) is 7.48. The van der Waals surface area contributed by atoms with Gasteiger partial charge in [-0.3, -0.25) is 0 Å². The maximum absolute atomic E-state index is 7.87. The Kier molecular flexibility index (Phi) is 10.2. The van der Waals surface area contributed by atoms with E-state index in [0.717, 1.165) is 25.7 Å². The fourth-order valence-corrected chi connectivity index (χ4v) is 5.03. The normalized spacial score (nSPS) is 21.7. The van der Waals surface area contributed by atoms with Gasteiger partial charge in [-0.25, -0.2) is 0 Å². The third-order valence-corrected chi connectivity index (χ3v) is 6.87. The van der Waals surface area contributed by atoms with E-state index >= 15 is 0 Å². The number of nitrogens with one attached hydrogen (secondary N) is 3. The monoisotopic (exact) mass is 473 g/mol. The molecule has 0 bridgehead atoms. The first-order valence-corrected chi connectivity index (χ1v) is 12.7. The number of ether oxygens (including phenoxy) is 2. The van der Waals surface area contributed by atoms with E-state index < -0.39 is 8.38 Å². The van der Waals surface area contributed by atoms with Gasteiger partial charge in [-0.1, -0.05) is 12.8 Å². The van der Waals surface area contributed by atoms with Gasteiger partial charge in [-0.05, 0) is 51.1 Å². The molecule has 9 nitrogen and oxygen atoms in total. The molecule has 1 aromatic heterocycles. The largest absolute Gasteiger partial charge is 0.369 e. The molecule has 0 amide bonds. The van der Waals surface area contributed by atoms with Gasteiger partial charge >= 0.3 is 0 Å². The number of nitrogens with zero attached hydrogens (tertiary/aromatic N) is 2. The van der Waals surface area contributed by atoms with Crippen LogP contribution < -0.4 is 10.6 Å². The van der Waals surface area contributed by atoms with Gasteiger partial charge in [0.25, 0.3) is 0 Å². The van der Waals surface area contributed by atoms with Crippen molar-refractivity contribution in [1.29, 1.82) is 5.41 Å². The molecule has 1 saturated heterocycles. The van der Waals surface area contributed by atoms with Gasteiger partial charge in [0.15, 0.2) is 8.38 Å². The van der Waals surface area contributed by atoms with E-state index in [-0.39, 0.29) is 17.6 Å². The van der Waals surface area contributed by atoms with E-state index in [9.17, 15) is 0 Å². The first-order chi connectivity index (χ1) is 15.1. The standard InChI is InChI=1S/C20H33ClN5O4P/c1-3-28-31(29-4-2)13-27-12-15-9-10-17(30-15)24-19-16(11-22)18(25-20(21)26-19)23-14-7-5-6-8-14/h11,14-15,17,22H,3-10,12-13H2,1-2H3,(H2,23,24,25,26). The number of anilines is 2. The van der Waals surface area contributed by atoms with Gasteiger partial charge in [0.1, 0.15) is 24.2 Å². The molecule has 0 spiro atoms. The lowest BCUT2D eigenvalue weighted by Crippen LogP contribution is -2.25. The molecule has 2 aliphatic rings. The maximum Gasteiger partial charge on any atom is 0.226 e. The molecular formula is C20H33ClN5O4P. The molecule has 0 radical (unpaired) electrons. The summed E-state index contributed by atoms with van der Waals surface area (Å²) in [6.07, 6.45) is 7.74. The fourth-order valence-electron chi connectivity index (χ4n) is 3.81. The van der Waals surface area contributed by atoms with Crippen LogP contribution in [0.5, 0.6) is 0 Å². The zero-order chi connectivity index (χ0) is 22.1. The van der Waals surface area contributed by atoms with Crippen LogP contribution in [0.4, 0.5) is 11.6 Å². The number of hydrogen-bond donors (Lipinski definition) is 3.